The Kier molecular flexibility index (Phi) is 8.79. The van der Waals surface area contributed by atoms with Gasteiger partial charge in [0.05, 0.1) is 25.4 Å². The van der Waals surface area contributed by atoms with Crippen LogP contribution in [0.5, 0.6) is 5.75 Å². The van der Waals surface area contributed by atoms with Crippen LogP contribution in [-0.4, -0.2) is 47.0 Å². The van der Waals surface area contributed by atoms with Gasteiger partial charge < -0.3 is 28.5 Å². The minimum Gasteiger partial charge on any atom is -0.477 e. The van der Waals surface area contributed by atoms with E-state index in [2.05, 4.69) is 9.72 Å². The van der Waals surface area contributed by atoms with E-state index in [0.29, 0.717) is 36.3 Å². The maximum absolute atomic E-state index is 12.3. The molecule has 194 valence electrons. The average molecular weight is 501 g/mol. The summed E-state index contributed by atoms with van der Waals surface area (Å²) in [5, 5.41) is 9.54. The Morgan fingerprint density at radius 3 is 2.51 bits per heavy atom. The SMILES string of the molecule is CCCOC(C)(O[C@@H]1CCC[C@H](OCc2nc(-c3ccc(OC(F)(F)F)cc3)oc2C)C1)C(=O)O. The van der Waals surface area contributed by atoms with Gasteiger partial charge in [-0.05, 0) is 63.3 Å². The van der Waals surface area contributed by atoms with Crippen molar-refractivity contribution in [2.45, 2.75) is 83.8 Å². The number of aryl methyl sites for hydroxylation is 1. The number of nitrogens with zero attached hydrogens (tertiary/aromatic N) is 1. The summed E-state index contributed by atoms with van der Waals surface area (Å²) in [6, 6.07) is 5.24. The summed E-state index contributed by atoms with van der Waals surface area (Å²) in [4.78, 5) is 16.1. The lowest BCUT2D eigenvalue weighted by Gasteiger charge is -2.35. The number of carbonyl (C=O) groups is 1. The van der Waals surface area contributed by atoms with Gasteiger partial charge in [-0.25, -0.2) is 9.78 Å². The average Bonchev–Trinajstić information content (AvgIpc) is 3.16. The summed E-state index contributed by atoms with van der Waals surface area (Å²) in [7, 11) is 0. The molecule has 1 N–H and O–H groups in total. The lowest BCUT2D eigenvalue weighted by Crippen LogP contribution is -2.46. The minimum absolute atomic E-state index is 0.156. The number of oxazole rings is 1. The highest BCUT2D eigenvalue weighted by atomic mass is 19.4. The van der Waals surface area contributed by atoms with Crippen LogP contribution in [0.1, 0.15) is 57.4 Å². The van der Waals surface area contributed by atoms with Crippen molar-refractivity contribution in [3.05, 3.63) is 35.7 Å². The second-order valence-corrected chi connectivity index (χ2v) is 8.53. The topological polar surface area (TPSA) is 100 Å². The second-order valence-electron chi connectivity index (χ2n) is 8.53. The van der Waals surface area contributed by atoms with Crippen LogP contribution in [0.4, 0.5) is 13.2 Å². The third kappa shape index (κ3) is 7.68. The van der Waals surface area contributed by atoms with Crippen molar-refractivity contribution in [3.63, 3.8) is 0 Å². The number of halogens is 3. The highest BCUT2D eigenvalue weighted by molar-refractivity contribution is 5.75. The molecule has 3 rings (SSSR count). The number of aliphatic carboxylic acids is 1. The summed E-state index contributed by atoms with van der Waals surface area (Å²) >= 11 is 0. The first-order chi connectivity index (χ1) is 16.5. The maximum atomic E-state index is 12.3. The zero-order chi connectivity index (χ0) is 25.6. The molecule has 8 nitrogen and oxygen atoms in total. The molecule has 1 aromatic carbocycles. The van der Waals surface area contributed by atoms with Crippen LogP contribution in [0.3, 0.4) is 0 Å². The molecule has 1 saturated carbocycles. The molecule has 0 aliphatic heterocycles. The quantitative estimate of drug-likeness (QED) is 0.396. The van der Waals surface area contributed by atoms with Crippen molar-refractivity contribution in [1.82, 2.24) is 4.98 Å². The molecule has 0 bridgehead atoms. The molecule has 0 radical (unpaired) electrons. The van der Waals surface area contributed by atoms with E-state index in [-0.39, 0.29) is 37.1 Å². The first-order valence-corrected chi connectivity index (χ1v) is 11.5. The summed E-state index contributed by atoms with van der Waals surface area (Å²) in [5.41, 5.74) is 1.07. The van der Waals surface area contributed by atoms with Gasteiger partial charge in [-0.15, -0.1) is 13.2 Å². The van der Waals surface area contributed by atoms with Crippen LogP contribution in [-0.2, 0) is 25.6 Å². The van der Waals surface area contributed by atoms with Gasteiger partial charge in [0, 0.05) is 12.5 Å². The number of carboxylic acid groups (broad SMARTS) is 1. The van der Waals surface area contributed by atoms with E-state index in [4.69, 9.17) is 18.6 Å². The van der Waals surface area contributed by atoms with Crippen LogP contribution >= 0.6 is 0 Å². The molecule has 0 saturated heterocycles. The lowest BCUT2D eigenvalue weighted by atomic mass is 9.94. The molecule has 0 amide bonds. The molecule has 1 heterocycles. The predicted octanol–water partition coefficient (Wildman–Crippen LogP) is 5.62. The molecule has 1 fully saturated rings. The fraction of sp³-hybridized carbons (Fsp3) is 0.583. The van der Waals surface area contributed by atoms with Gasteiger partial charge in [0.1, 0.15) is 17.2 Å². The van der Waals surface area contributed by atoms with E-state index >= 15 is 0 Å². The smallest absolute Gasteiger partial charge is 0.477 e. The van der Waals surface area contributed by atoms with Crippen molar-refractivity contribution >= 4 is 5.97 Å². The van der Waals surface area contributed by atoms with Crippen LogP contribution in [0, 0.1) is 6.92 Å². The Morgan fingerprint density at radius 1 is 1.20 bits per heavy atom. The Hall–Kier alpha value is -2.63. The minimum atomic E-state index is -4.76. The summed E-state index contributed by atoms with van der Waals surface area (Å²) in [6.45, 7) is 5.48. The van der Waals surface area contributed by atoms with E-state index in [1.807, 2.05) is 6.92 Å². The second kappa shape index (κ2) is 11.4. The Bertz CT molecular complexity index is 976. The number of alkyl halides is 3. The zero-order valence-electron chi connectivity index (χ0n) is 19.9. The monoisotopic (exact) mass is 501 g/mol. The number of hydrogen-bond donors (Lipinski definition) is 1. The van der Waals surface area contributed by atoms with E-state index in [1.165, 1.54) is 31.2 Å². The summed E-state index contributed by atoms with van der Waals surface area (Å²) in [6.07, 6.45) is -1.73. The molecule has 1 aromatic heterocycles. The third-order valence-corrected chi connectivity index (χ3v) is 5.62. The van der Waals surface area contributed by atoms with Crippen molar-refractivity contribution in [2.75, 3.05) is 6.61 Å². The van der Waals surface area contributed by atoms with E-state index in [9.17, 15) is 23.1 Å². The van der Waals surface area contributed by atoms with E-state index < -0.39 is 18.1 Å². The number of aromatic nitrogens is 1. The predicted molar refractivity (Wildman–Crippen MR) is 118 cm³/mol. The van der Waals surface area contributed by atoms with Crippen molar-refractivity contribution in [3.8, 4) is 17.2 Å². The van der Waals surface area contributed by atoms with Crippen LogP contribution in [0.2, 0.25) is 0 Å². The molecule has 3 atom stereocenters. The Balaban J connectivity index is 1.57. The van der Waals surface area contributed by atoms with Gasteiger partial charge in [0.15, 0.2) is 0 Å². The number of rotatable bonds is 11. The maximum Gasteiger partial charge on any atom is 0.573 e. The number of ether oxygens (including phenoxy) is 4. The fourth-order valence-corrected chi connectivity index (χ4v) is 3.80. The van der Waals surface area contributed by atoms with Gasteiger partial charge in [0.2, 0.25) is 5.89 Å². The summed E-state index contributed by atoms with van der Waals surface area (Å²) in [5.74, 6) is -2.42. The van der Waals surface area contributed by atoms with Gasteiger partial charge in [-0.3, -0.25) is 0 Å². The van der Waals surface area contributed by atoms with Crippen LogP contribution < -0.4 is 4.74 Å². The first kappa shape index (κ1) is 27.0. The van der Waals surface area contributed by atoms with E-state index in [0.717, 1.165) is 12.8 Å². The van der Waals surface area contributed by atoms with Gasteiger partial charge >= 0.3 is 12.3 Å². The van der Waals surface area contributed by atoms with Crippen LogP contribution in [0.25, 0.3) is 11.5 Å². The third-order valence-electron chi connectivity index (χ3n) is 5.62. The largest absolute Gasteiger partial charge is 0.573 e. The molecule has 1 aliphatic rings. The zero-order valence-corrected chi connectivity index (χ0v) is 19.9. The molecular formula is C24H30F3NO7. The Morgan fingerprint density at radius 2 is 1.89 bits per heavy atom. The van der Waals surface area contributed by atoms with Gasteiger partial charge in [0.25, 0.3) is 5.79 Å². The number of carboxylic acids is 1. The lowest BCUT2D eigenvalue weighted by molar-refractivity contribution is -0.274. The van der Waals surface area contributed by atoms with Crippen molar-refractivity contribution < 1.29 is 46.4 Å². The number of benzene rings is 1. The Labute approximate surface area is 201 Å². The van der Waals surface area contributed by atoms with Crippen LogP contribution in [0.15, 0.2) is 28.7 Å². The molecule has 2 aromatic rings. The molecule has 11 heteroatoms. The number of hydrogen-bond acceptors (Lipinski definition) is 7. The van der Waals surface area contributed by atoms with Gasteiger partial charge in [-0.1, -0.05) is 6.92 Å². The molecule has 1 aliphatic carbocycles. The highest BCUT2D eigenvalue weighted by Crippen LogP contribution is 2.30. The summed E-state index contributed by atoms with van der Waals surface area (Å²) < 4.78 is 63.9. The highest BCUT2D eigenvalue weighted by Gasteiger charge is 2.39. The molecule has 35 heavy (non-hydrogen) atoms. The van der Waals surface area contributed by atoms with Crippen molar-refractivity contribution in [1.29, 1.82) is 0 Å². The molecular weight excluding hydrogens is 471 g/mol. The normalized spacial score (nSPS) is 20.4. The standard InChI is InChI=1S/C24H30F3NO7/c1-4-12-32-23(3,22(29)30)34-19-7-5-6-18(13-19)31-14-20-15(2)33-21(28-20)16-8-10-17(11-9-16)35-24(25,26)27/h8-11,18-19H,4-7,12-14H2,1-3H3,(H,29,30)/t18-,19+,23?/m0/s1. The molecule has 0 spiro atoms. The van der Waals surface area contributed by atoms with Gasteiger partial charge in [-0.2, -0.15) is 0 Å². The fourth-order valence-electron chi connectivity index (χ4n) is 3.80. The van der Waals surface area contributed by atoms with Crippen molar-refractivity contribution in [2.24, 2.45) is 0 Å². The van der Waals surface area contributed by atoms with E-state index in [1.54, 1.807) is 6.92 Å². The first-order valence-electron chi connectivity index (χ1n) is 11.5. The molecule has 1 unspecified atom stereocenters.